The molecular formula is C12H18ClN3O. The van der Waals surface area contributed by atoms with Crippen molar-refractivity contribution in [2.45, 2.75) is 6.10 Å². The van der Waals surface area contributed by atoms with Gasteiger partial charge in [-0.3, -0.25) is 4.99 Å². The van der Waals surface area contributed by atoms with Crippen molar-refractivity contribution >= 4 is 17.6 Å². The second kappa shape index (κ2) is 7.14. The van der Waals surface area contributed by atoms with Crippen LogP contribution in [0.25, 0.3) is 0 Å². The quantitative estimate of drug-likeness (QED) is 0.637. The number of benzene rings is 1. The summed E-state index contributed by atoms with van der Waals surface area (Å²) >= 11 is 6.13. The predicted octanol–water partition coefficient (Wildman–Crippen LogP) is 1.82. The third-order valence-corrected chi connectivity index (χ3v) is 2.80. The standard InChI is InChI=1S/C12H18ClN3O/c1-14-12(15-2)16-8-11(17-3)9-6-4-5-7-10(9)13/h4-7,11H,8H2,1-3H3,(H2,14,15,16). The van der Waals surface area contributed by atoms with Crippen LogP contribution in [0.1, 0.15) is 11.7 Å². The summed E-state index contributed by atoms with van der Waals surface area (Å²) in [6, 6.07) is 7.66. The van der Waals surface area contributed by atoms with Crippen LogP contribution in [0, 0.1) is 0 Å². The second-order valence-corrected chi connectivity index (χ2v) is 3.86. The maximum Gasteiger partial charge on any atom is 0.190 e. The largest absolute Gasteiger partial charge is 0.375 e. The Morgan fingerprint density at radius 1 is 1.47 bits per heavy atom. The molecule has 0 spiro atoms. The van der Waals surface area contributed by atoms with Crippen molar-refractivity contribution in [3.63, 3.8) is 0 Å². The normalized spacial score (nSPS) is 13.3. The fourth-order valence-corrected chi connectivity index (χ4v) is 1.78. The van der Waals surface area contributed by atoms with Gasteiger partial charge in [0, 0.05) is 38.3 Å². The molecule has 0 saturated heterocycles. The number of aliphatic imine (C=N–C) groups is 1. The molecule has 0 aromatic heterocycles. The van der Waals surface area contributed by atoms with Gasteiger partial charge in [-0.2, -0.15) is 0 Å². The zero-order chi connectivity index (χ0) is 12.7. The van der Waals surface area contributed by atoms with Gasteiger partial charge in [-0.05, 0) is 6.07 Å². The number of ether oxygens (including phenoxy) is 1. The Bertz CT molecular complexity index is 382. The molecule has 0 radical (unpaired) electrons. The van der Waals surface area contributed by atoms with Crippen molar-refractivity contribution < 1.29 is 4.74 Å². The molecule has 0 aliphatic rings. The molecule has 1 aromatic rings. The van der Waals surface area contributed by atoms with Crippen LogP contribution >= 0.6 is 11.6 Å². The van der Waals surface area contributed by atoms with Crippen LogP contribution in [0.5, 0.6) is 0 Å². The van der Waals surface area contributed by atoms with Gasteiger partial charge in [-0.25, -0.2) is 0 Å². The van der Waals surface area contributed by atoms with Gasteiger partial charge in [0.05, 0.1) is 0 Å². The highest BCUT2D eigenvalue weighted by Gasteiger charge is 2.13. The third-order valence-electron chi connectivity index (χ3n) is 2.45. The summed E-state index contributed by atoms with van der Waals surface area (Å²) < 4.78 is 5.43. The van der Waals surface area contributed by atoms with E-state index in [9.17, 15) is 0 Å². The van der Waals surface area contributed by atoms with E-state index in [1.807, 2.05) is 31.3 Å². The van der Waals surface area contributed by atoms with Gasteiger partial charge in [0.15, 0.2) is 5.96 Å². The molecule has 0 saturated carbocycles. The Hall–Kier alpha value is -1.26. The molecule has 1 rings (SSSR count). The molecule has 94 valence electrons. The van der Waals surface area contributed by atoms with E-state index >= 15 is 0 Å². The number of rotatable bonds is 4. The lowest BCUT2D eigenvalue weighted by Crippen LogP contribution is -2.37. The number of nitrogens with one attached hydrogen (secondary N) is 2. The summed E-state index contributed by atoms with van der Waals surface area (Å²) in [7, 11) is 5.20. The molecule has 1 unspecified atom stereocenters. The highest BCUT2D eigenvalue weighted by molar-refractivity contribution is 6.31. The van der Waals surface area contributed by atoms with Crippen molar-refractivity contribution in [3.8, 4) is 0 Å². The molecule has 0 aliphatic carbocycles. The van der Waals surface area contributed by atoms with E-state index in [1.54, 1.807) is 14.2 Å². The monoisotopic (exact) mass is 255 g/mol. The van der Waals surface area contributed by atoms with Gasteiger partial charge in [-0.15, -0.1) is 0 Å². The minimum atomic E-state index is -0.103. The average Bonchev–Trinajstić information content (AvgIpc) is 2.36. The minimum absolute atomic E-state index is 0.103. The zero-order valence-electron chi connectivity index (χ0n) is 10.3. The van der Waals surface area contributed by atoms with Crippen LogP contribution in [-0.2, 0) is 4.74 Å². The lowest BCUT2D eigenvalue weighted by atomic mass is 10.1. The predicted molar refractivity (Wildman–Crippen MR) is 71.6 cm³/mol. The highest BCUT2D eigenvalue weighted by atomic mass is 35.5. The first-order valence-electron chi connectivity index (χ1n) is 5.38. The SMILES string of the molecule is CN=C(NC)NCC(OC)c1ccccc1Cl. The summed E-state index contributed by atoms with van der Waals surface area (Å²) in [5.74, 6) is 0.721. The van der Waals surface area contributed by atoms with Crippen LogP contribution in [-0.4, -0.2) is 33.7 Å². The Morgan fingerprint density at radius 2 is 2.18 bits per heavy atom. The summed E-state index contributed by atoms with van der Waals surface area (Å²) in [5, 5.41) is 6.81. The van der Waals surface area contributed by atoms with E-state index in [1.165, 1.54) is 0 Å². The maximum absolute atomic E-state index is 6.13. The van der Waals surface area contributed by atoms with Crippen molar-refractivity contribution in [2.75, 3.05) is 27.7 Å². The van der Waals surface area contributed by atoms with E-state index < -0.39 is 0 Å². The molecule has 1 atom stereocenters. The summed E-state index contributed by atoms with van der Waals surface area (Å²) in [6.45, 7) is 0.605. The summed E-state index contributed by atoms with van der Waals surface area (Å²) in [6.07, 6.45) is -0.103. The Kier molecular flexibility index (Phi) is 5.80. The minimum Gasteiger partial charge on any atom is -0.375 e. The van der Waals surface area contributed by atoms with Crippen LogP contribution in [0.3, 0.4) is 0 Å². The second-order valence-electron chi connectivity index (χ2n) is 3.45. The summed E-state index contributed by atoms with van der Waals surface area (Å²) in [5.41, 5.74) is 0.968. The first-order chi connectivity index (χ1) is 8.22. The van der Waals surface area contributed by atoms with E-state index in [0.29, 0.717) is 11.6 Å². The van der Waals surface area contributed by atoms with Crippen molar-refractivity contribution in [2.24, 2.45) is 4.99 Å². The van der Waals surface area contributed by atoms with Gasteiger partial charge in [0.25, 0.3) is 0 Å². The lowest BCUT2D eigenvalue weighted by Gasteiger charge is -2.18. The number of hydrogen-bond donors (Lipinski definition) is 2. The van der Waals surface area contributed by atoms with E-state index in [-0.39, 0.29) is 6.10 Å². The number of guanidine groups is 1. The van der Waals surface area contributed by atoms with Gasteiger partial charge in [0.1, 0.15) is 6.10 Å². The molecule has 5 heteroatoms. The Labute approximate surface area is 107 Å². The fraction of sp³-hybridized carbons (Fsp3) is 0.417. The number of nitrogens with zero attached hydrogens (tertiary/aromatic N) is 1. The fourth-order valence-electron chi connectivity index (χ4n) is 1.53. The van der Waals surface area contributed by atoms with Crippen LogP contribution in [0.2, 0.25) is 5.02 Å². The number of hydrogen-bond acceptors (Lipinski definition) is 2. The molecule has 2 N–H and O–H groups in total. The molecule has 0 amide bonds. The lowest BCUT2D eigenvalue weighted by molar-refractivity contribution is 0.106. The molecule has 0 aliphatic heterocycles. The van der Waals surface area contributed by atoms with E-state index in [2.05, 4.69) is 15.6 Å². The molecule has 0 fully saturated rings. The van der Waals surface area contributed by atoms with Crippen LogP contribution in [0.15, 0.2) is 29.3 Å². The van der Waals surface area contributed by atoms with Crippen molar-refractivity contribution in [1.82, 2.24) is 10.6 Å². The molecular weight excluding hydrogens is 238 g/mol. The molecule has 0 heterocycles. The number of methoxy groups -OCH3 is 1. The Morgan fingerprint density at radius 3 is 2.71 bits per heavy atom. The van der Waals surface area contributed by atoms with E-state index in [0.717, 1.165) is 11.5 Å². The van der Waals surface area contributed by atoms with Crippen LogP contribution < -0.4 is 10.6 Å². The first kappa shape index (κ1) is 13.8. The zero-order valence-corrected chi connectivity index (χ0v) is 11.1. The van der Waals surface area contributed by atoms with E-state index in [4.69, 9.17) is 16.3 Å². The molecule has 1 aromatic carbocycles. The molecule has 17 heavy (non-hydrogen) atoms. The van der Waals surface area contributed by atoms with Gasteiger partial charge < -0.3 is 15.4 Å². The maximum atomic E-state index is 6.13. The Balaban J connectivity index is 2.70. The topological polar surface area (TPSA) is 45.7 Å². The first-order valence-corrected chi connectivity index (χ1v) is 5.76. The van der Waals surface area contributed by atoms with Gasteiger partial charge in [-0.1, -0.05) is 29.8 Å². The third kappa shape index (κ3) is 3.91. The van der Waals surface area contributed by atoms with Crippen LogP contribution in [0.4, 0.5) is 0 Å². The smallest absolute Gasteiger partial charge is 0.190 e. The average molecular weight is 256 g/mol. The molecule has 4 nitrogen and oxygen atoms in total. The van der Waals surface area contributed by atoms with Crippen molar-refractivity contribution in [1.29, 1.82) is 0 Å². The van der Waals surface area contributed by atoms with Crippen molar-refractivity contribution in [3.05, 3.63) is 34.9 Å². The number of halogens is 1. The summed E-state index contributed by atoms with van der Waals surface area (Å²) in [4.78, 5) is 4.03. The van der Waals surface area contributed by atoms with Gasteiger partial charge in [0.2, 0.25) is 0 Å². The highest BCUT2D eigenvalue weighted by Crippen LogP contribution is 2.24. The van der Waals surface area contributed by atoms with Gasteiger partial charge >= 0.3 is 0 Å². The molecule has 0 bridgehead atoms.